The summed E-state index contributed by atoms with van der Waals surface area (Å²) in [6, 6.07) is 25.7. The van der Waals surface area contributed by atoms with Gasteiger partial charge in [0.2, 0.25) is 5.91 Å². The number of rotatable bonds is 9. The van der Waals surface area contributed by atoms with E-state index in [1.165, 1.54) is 5.56 Å². The Labute approximate surface area is 200 Å². The number of carboxylic acid groups (broad SMARTS) is 1. The van der Waals surface area contributed by atoms with Gasteiger partial charge in [-0.15, -0.1) is 0 Å². The Kier molecular flexibility index (Phi) is 7.48. The van der Waals surface area contributed by atoms with Crippen LogP contribution in [0.25, 0.3) is 0 Å². The van der Waals surface area contributed by atoms with Gasteiger partial charge in [0.25, 0.3) is 0 Å². The van der Waals surface area contributed by atoms with E-state index in [1.54, 1.807) is 0 Å². The highest BCUT2D eigenvalue weighted by Crippen LogP contribution is 2.33. The van der Waals surface area contributed by atoms with Gasteiger partial charge in [-0.1, -0.05) is 48.5 Å². The number of carbonyl (C=O) groups is 2. The summed E-state index contributed by atoms with van der Waals surface area (Å²) in [5, 5.41) is 8.91. The first-order valence-electron chi connectivity index (χ1n) is 11.6. The number of anilines is 2. The van der Waals surface area contributed by atoms with E-state index in [4.69, 9.17) is 9.84 Å². The summed E-state index contributed by atoms with van der Waals surface area (Å²) in [4.78, 5) is 28.0. The Morgan fingerprint density at radius 3 is 2.21 bits per heavy atom. The zero-order valence-electron chi connectivity index (χ0n) is 19.4. The van der Waals surface area contributed by atoms with E-state index in [9.17, 15) is 9.59 Å². The average molecular weight is 459 g/mol. The first-order chi connectivity index (χ1) is 16.5. The molecule has 1 aliphatic carbocycles. The van der Waals surface area contributed by atoms with Crippen molar-refractivity contribution in [2.24, 2.45) is 5.92 Å². The van der Waals surface area contributed by atoms with Gasteiger partial charge in [0.05, 0.1) is 0 Å². The summed E-state index contributed by atoms with van der Waals surface area (Å²) >= 11 is 0. The highest BCUT2D eigenvalue weighted by Gasteiger charge is 2.25. The van der Waals surface area contributed by atoms with Gasteiger partial charge in [0.15, 0.2) is 6.61 Å². The van der Waals surface area contributed by atoms with Gasteiger partial charge in [0.1, 0.15) is 12.3 Å². The van der Waals surface area contributed by atoms with Gasteiger partial charge >= 0.3 is 5.97 Å². The minimum atomic E-state index is -0.980. The second-order valence-corrected chi connectivity index (χ2v) is 8.72. The van der Waals surface area contributed by atoms with Crippen molar-refractivity contribution in [3.05, 3.63) is 90.0 Å². The van der Waals surface area contributed by atoms with E-state index in [2.05, 4.69) is 6.07 Å². The number of nitrogens with zero attached hydrogens (tertiary/aromatic N) is 2. The van der Waals surface area contributed by atoms with Crippen molar-refractivity contribution in [2.75, 3.05) is 31.6 Å². The van der Waals surface area contributed by atoms with Gasteiger partial charge < -0.3 is 19.6 Å². The normalized spacial score (nSPS) is 14.7. The summed E-state index contributed by atoms with van der Waals surface area (Å²) in [5.41, 5.74) is 4.23. The molecule has 4 rings (SSSR count). The van der Waals surface area contributed by atoms with Crippen molar-refractivity contribution in [3.8, 4) is 5.75 Å². The van der Waals surface area contributed by atoms with Crippen molar-refractivity contribution in [1.29, 1.82) is 0 Å². The van der Waals surface area contributed by atoms with Crippen LogP contribution < -0.4 is 9.64 Å². The fraction of sp³-hybridized carbons (Fsp3) is 0.286. The van der Waals surface area contributed by atoms with E-state index in [1.807, 2.05) is 89.6 Å². The summed E-state index contributed by atoms with van der Waals surface area (Å²) in [6.07, 6.45) is 2.59. The first kappa shape index (κ1) is 23.4. The lowest BCUT2D eigenvalue weighted by Crippen LogP contribution is -2.40. The van der Waals surface area contributed by atoms with Crippen LogP contribution in [0, 0.1) is 5.92 Å². The number of carbonyl (C=O) groups excluding carboxylic acids is 1. The van der Waals surface area contributed by atoms with Gasteiger partial charge in [-0.3, -0.25) is 4.79 Å². The number of fused-ring (bicyclic) bond motifs is 1. The van der Waals surface area contributed by atoms with Crippen LogP contribution in [0.1, 0.15) is 17.5 Å². The molecule has 3 aromatic rings. The van der Waals surface area contributed by atoms with Crippen molar-refractivity contribution in [1.82, 2.24) is 4.90 Å². The Balaban J connectivity index is 1.41. The summed E-state index contributed by atoms with van der Waals surface area (Å²) in [5.74, 6) is 0.0886. The second kappa shape index (κ2) is 10.9. The molecule has 0 aromatic heterocycles. The molecule has 6 nitrogen and oxygen atoms in total. The van der Waals surface area contributed by atoms with E-state index in [0.29, 0.717) is 18.2 Å². The van der Waals surface area contributed by atoms with E-state index < -0.39 is 5.97 Å². The standard InChI is InChI=1S/C28H30N2O4/c1-29(18-21-15-16-25-22(17-21)9-8-14-26(25)34-20-28(32)33)27(31)19-30(23-10-4-2-5-11-23)24-12-6-3-7-13-24/h2-14,21H,15-20H2,1H3,(H,32,33). The van der Waals surface area contributed by atoms with Crippen LogP contribution in [-0.2, 0) is 22.4 Å². The lowest BCUT2D eigenvalue weighted by atomic mass is 9.83. The quantitative estimate of drug-likeness (QED) is 0.509. The molecule has 3 aromatic carbocycles. The molecule has 6 heteroatoms. The molecule has 176 valence electrons. The van der Waals surface area contributed by atoms with Gasteiger partial charge in [-0.2, -0.15) is 0 Å². The van der Waals surface area contributed by atoms with E-state index >= 15 is 0 Å². The summed E-state index contributed by atoms with van der Waals surface area (Å²) < 4.78 is 5.48. The van der Waals surface area contributed by atoms with Gasteiger partial charge in [0, 0.05) is 25.0 Å². The van der Waals surface area contributed by atoms with Crippen LogP contribution in [0.2, 0.25) is 0 Å². The third-order valence-corrected chi connectivity index (χ3v) is 6.28. The number of carboxylic acids is 1. The molecule has 1 atom stereocenters. The van der Waals surface area contributed by atoms with Crippen LogP contribution >= 0.6 is 0 Å². The highest BCUT2D eigenvalue weighted by atomic mass is 16.5. The third kappa shape index (κ3) is 5.76. The van der Waals surface area contributed by atoms with Crippen molar-refractivity contribution >= 4 is 23.3 Å². The molecule has 0 radical (unpaired) electrons. The average Bonchev–Trinajstić information content (AvgIpc) is 2.86. The van der Waals surface area contributed by atoms with Gasteiger partial charge in [-0.25, -0.2) is 4.79 Å². The molecule has 1 amide bonds. The van der Waals surface area contributed by atoms with Crippen LogP contribution in [0.5, 0.6) is 5.75 Å². The molecular formula is C28H30N2O4. The Bertz CT molecular complexity index is 1080. The molecule has 0 saturated carbocycles. The summed E-state index contributed by atoms with van der Waals surface area (Å²) in [6.45, 7) is 0.605. The number of amides is 1. The molecule has 0 spiro atoms. The largest absolute Gasteiger partial charge is 0.482 e. The maximum atomic E-state index is 13.2. The summed E-state index contributed by atoms with van der Waals surface area (Å²) in [7, 11) is 1.87. The van der Waals surface area contributed by atoms with E-state index in [0.717, 1.165) is 36.2 Å². The molecule has 0 saturated heterocycles. The predicted octanol–water partition coefficient (Wildman–Crippen LogP) is 4.55. The van der Waals surface area contributed by atoms with Crippen molar-refractivity contribution in [2.45, 2.75) is 19.3 Å². The molecule has 34 heavy (non-hydrogen) atoms. The zero-order chi connectivity index (χ0) is 23.9. The Hall–Kier alpha value is -3.80. The fourth-order valence-electron chi connectivity index (χ4n) is 4.57. The Morgan fingerprint density at radius 1 is 0.941 bits per heavy atom. The molecular weight excluding hydrogens is 428 g/mol. The van der Waals surface area contributed by atoms with Crippen molar-refractivity contribution in [3.63, 3.8) is 0 Å². The number of likely N-dealkylation sites (N-methyl/N-ethyl adjacent to an activating group) is 1. The first-order valence-corrected chi connectivity index (χ1v) is 11.6. The van der Waals surface area contributed by atoms with Crippen LogP contribution in [0.4, 0.5) is 11.4 Å². The number of para-hydroxylation sites is 2. The number of hydrogen-bond donors (Lipinski definition) is 1. The molecule has 1 unspecified atom stereocenters. The van der Waals surface area contributed by atoms with Gasteiger partial charge in [-0.05, 0) is 66.6 Å². The maximum Gasteiger partial charge on any atom is 0.341 e. The second-order valence-electron chi connectivity index (χ2n) is 8.72. The molecule has 1 N–H and O–H groups in total. The smallest absolute Gasteiger partial charge is 0.341 e. The third-order valence-electron chi connectivity index (χ3n) is 6.28. The molecule has 1 aliphatic rings. The van der Waals surface area contributed by atoms with E-state index in [-0.39, 0.29) is 19.1 Å². The van der Waals surface area contributed by atoms with Crippen LogP contribution in [-0.4, -0.2) is 48.6 Å². The topological polar surface area (TPSA) is 70.1 Å². The lowest BCUT2D eigenvalue weighted by molar-refractivity contribution is -0.139. The maximum absolute atomic E-state index is 13.2. The lowest BCUT2D eigenvalue weighted by Gasteiger charge is -2.31. The van der Waals surface area contributed by atoms with Crippen LogP contribution in [0.15, 0.2) is 78.9 Å². The number of aliphatic carboxylic acids is 1. The SMILES string of the molecule is CN(CC1CCc2c(cccc2OCC(=O)O)C1)C(=O)CN(c1ccccc1)c1ccccc1. The number of benzene rings is 3. The monoisotopic (exact) mass is 458 g/mol. The Morgan fingerprint density at radius 2 is 1.59 bits per heavy atom. The fourth-order valence-corrected chi connectivity index (χ4v) is 4.57. The molecule has 0 aliphatic heterocycles. The number of ether oxygens (including phenoxy) is 1. The minimum absolute atomic E-state index is 0.0667. The van der Waals surface area contributed by atoms with Crippen molar-refractivity contribution < 1.29 is 19.4 Å². The minimum Gasteiger partial charge on any atom is -0.482 e. The number of hydrogen-bond acceptors (Lipinski definition) is 4. The molecule has 0 bridgehead atoms. The molecule has 0 fully saturated rings. The van der Waals surface area contributed by atoms with Crippen LogP contribution in [0.3, 0.4) is 0 Å². The highest BCUT2D eigenvalue weighted by molar-refractivity contribution is 5.84. The zero-order valence-corrected chi connectivity index (χ0v) is 19.4. The predicted molar refractivity (Wildman–Crippen MR) is 133 cm³/mol. The molecule has 0 heterocycles.